The number of ketones is 1. The Morgan fingerprint density at radius 1 is 1.04 bits per heavy atom. The van der Waals surface area contributed by atoms with Gasteiger partial charge in [0, 0.05) is 18.2 Å². The number of hydrogen-bond donors (Lipinski definition) is 2. The zero-order valence-electron chi connectivity index (χ0n) is 15.1. The van der Waals surface area contributed by atoms with Gasteiger partial charge >= 0.3 is 0 Å². The molecule has 0 fully saturated rings. The number of aromatic nitrogens is 1. The summed E-state index contributed by atoms with van der Waals surface area (Å²) < 4.78 is 27.3. The van der Waals surface area contributed by atoms with Gasteiger partial charge in [-0.05, 0) is 37.3 Å². The standard InChI is InChI=1S/C19H17N3O4S2/c1-12-17(13(2)23)27-19(20-12)21-18(24)14-7-6-8-15(11-14)22-28(25,26)16-9-4-3-5-10-16/h3-11,22H,1-2H3,(H,20,21,24). The lowest BCUT2D eigenvalue weighted by Gasteiger charge is -2.09. The van der Waals surface area contributed by atoms with Crippen molar-refractivity contribution in [3.05, 3.63) is 70.7 Å². The summed E-state index contributed by atoms with van der Waals surface area (Å²) in [6, 6.07) is 14.1. The van der Waals surface area contributed by atoms with E-state index in [4.69, 9.17) is 0 Å². The quantitative estimate of drug-likeness (QED) is 0.597. The van der Waals surface area contributed by atoms with E-state index in [1.165, 1.54) is 25.1 Å². The zero-order chi connectivity index (χ0) is 20.3. The Morgan fingerprint density at radius 3 is 2.39 bits per heavy atom. The summed E-state index contributed by atoms with van der Waals surface area (Å²) in [5, 5.41) is 2.94. The second-order valence-electron chi connectivity index (χ2n) is 5.94. The minimum absolute atomic E-state index is 0.118. The molecule has 0 saturated heterocycles. The Morgan fingerprint density at radius 2 is 1.75 bits per heavy atom. The number of nitrogens with zero attached hydrogens (tertiary/aromatic N) is 1. The van der Waals surface area contributed by atoms with Crippen LogP contribution in [0.25, 0.3) is 0 Å². The summed E-state index contributed by atoms with van der Waals surface area (Å²) in [5.74, 6) is -0.572. The summed E-state index contributed by atoms with van der Waals surface area (Å²) in [6.07, 6.45) is 0. The molecule has 0 saturated carbocycles. The molecule has 0 radical (unpaired) electrons. The number of rotatable bonds is 6. The normalized spacial score (nSPS) is 11.1. The Labute approximate surface area is 166 Å². The van der Waals surface area contributed by atoms with Crippen molar-refractivity contribution in [2.24, 2.45) is 0 Å². The Bertz CT molecular complexity index is 1140. The summed E-state index contributed by atoms with van der Waals surface area (Å²) in [5.41, 5.74) is 1.07. The molecule has 0 atom stereocenters. The number of anilines is 2. The fourth-order valence-corrected chi connectivity index (χ4v) is 4.41. The zero-order valence-corrected chi connectivity index (χ0v) is 16.7. The molecule has 2 N–H and O–H groups in total. The summed E-state index contributed by atoms with van der Waals surface area (Å²) >= 11 is 1.10. The lowest BCUT2D eigenvalue weighted by atomic mass is 10.2. The number of benzene rings is 2. The highest BCUT2D eigenvalue weighted by molar-refractivity contribution is 7.92. The van der Waals surface area contributed by atoms with Gasteiger partial charge in [-0.2, -0.15) is 0 Å². The first-order valence-corrected chi connectivity index (χ1v) is 10.5. The molecule has 28 heavy (non-hydrogen) atoms. The molecule has 0 bridgehead atoms. The smallest absolute Gasteiger partial charge is 0.261 e. The highest BCUT2D eigenvalue weighted by atomic mass is 32.2. The average Bonchev–Trinajstić information content (AvgIpc) is 3.03. The molecule has 0 aliphatic carbocycles. The molecule has 7 nitrogen and oxygen atoms in total. The molecule has 3 aromatic rings. The van der Waals surface area contributed by atoms with Crippen molar-refractivity contribution in [2.75, 3.05) is 10.0 Å². The van der Waals surface area contributed by atoms with Gasteiger partial charge in [-0.1, -0.05) is 35.6 Å². The second kappa shape index (κ2) is 7.91. The molecule has 0 spiro atoms. The van der Waals surface area contributed by atoms with Gasteiger partial charge in [0.05, 0.1) is 15.5 Å². The van der Waals surface area contributed by atoms with E-state index in [-0.39, 0.29) is 21.9 Å². The number of nitrogens with one attached hydrogen (secondary N) is 2. The van der Waals surface area contributed by atoms with Crippen molar-refractivity contribution in [2.45, 2.75) is 18.7 Å². The van der Waals surface area contributed by atoms with Crippen LogP contribution in [-0.4, -0.2) is 25.1 Å². The van der Waals surface area contributed by atoms with Gasteiger partial charge in [-0.25, -0.2) is 13.4 Å². The largest absolute Gasteiger partial charge is 0.298 e. The lowest BCUT2D eigenvalue weighted by Crippen LogP contribution is -2.15. The third-order valence-electron chi connectivity index (χ3n) is 3.77. The minimum Gasteiger partial charge on any atom is -0.298 e. The molecule has 3 rings (SSSR count). The van der Waals surface area contributed by atoms with Crippen LogP contribution in [0.1, 0.15) is 32.6 Å². The fourth-order valence-electron chi connectivity index (χ4n) is 2.48. The molecule has 1 amide bonds. The van der Waals surface area contributed by atoms with Crippen molar-refractivity contribution in [1.29, 1.82) is 0 Å². The average molecular weight is 415 g/mol. The number of carbonyl (C=O) groups excluding carboxylic acids is 2. The van der Waals surface area contributed by atoms with Crippen LogP contribution >= 0.6 is 11.3 Å². The SMILES string of the molecule is CC(=O)c1sc(NC(=O)c2cccc(NS(=O)(=O)c3ccccc3)c2)nc1C. The summed E-state index contributed by atoms with van der Waals surface area (Å²) in [7, 11) is -3.76. The molecule has 0 unspecified atom stereocenters. The highest BCUT2D eigenvalue weighted by Gasteiger charge is 2.16. The van der Waals surface area contributed by atoms with E-state index >= 15 is 0 Å². The number of aryl methyl sites for hydroxylation is 1. The molecule has 1 aromatic heterocycles. The van der Waals surface area contributed by atoms with E-state index in [1.54, 1.807) is 43.3 Å². The molecule has 0 aliphatic rings. The third kappa shape index (κ3) is 4.44. The van der Waals surface area contributed by atoms with Gasteiger partial charge in [-0.15, -0.1) is 0 Å². The second-order valence-corrected chi connectivity index (χ2v) is 8.62. The number of Topliss-reactive ketones (excluding diaryl/α,β-unsaturated/α-hetero) is 1. The minimum atomic E-state index is -3.76. The fraction of sp³-hybridized carbons (Fsp3) is 0.105. The number of amides is 1. The van der Waals surface area contributed by atoms with Crippen molar-refractivity contribution in [3.63, 3.8) is 0 Å². The van der Waals surface area contributed by atoms with Crippen LogP contribution in [0.5, 0.6) is 0 Å². The van der Waals surface area contributed by atoms with Gasteiger partial charge in [0.1, 0.15) is 0 Å². The Balaban J connectivity index is 1.78. The van der Waals surface area contributed by atoms with Crippen LogP contribution < -0.4 is 10.0 Å². The molecule has 2 aromatic carbocycles. The van der Waals surface area contributed by atoms with Gasteiger partial charge < -0.3 is 0 Å². The van der Waals surface area contributed by atoms with Gasteiger partial charge in [0.15, 0.2) is 10.9 Å². The number of hydrogen-bond acceptors (Lipinski definition) is 6. The van der Waals surface area contributed by atoms with E-state index in [9.17, 15) is 18.0 Å². The van der Waals surface area contributed by atoms with Crippen LogP contribution in [-0.2, 0) is 10.0 Å². The van der Waals surface area contributed by atoms with Gasteiger partial charge in [0.25, 0.3) is 15.9 Å². The monoisotopic (exact) mass is 415 g/mol. The maximum Gasteiger partial charge on any atom is 0.261 e. The van der Waals surface area contributed by atoms with Crippen LogP contribution in [0.3, 0.4) is 0 Å². The highest BCUT2D eigenvalue weighted by Crippen LogP contribution is 2.24. The van der Waals surface area contributed by atoms with Crippen LogP contribution in [0, 0.1) is 6.92 Å². The predicted molar refractivity (Wildman–Crippen MR) is 109 cm³/mol. The maximum absolute atomic E-state index is 12.5. The maximum atomic E-state index is 12.5. The molecule has 1 heterocycles. The van der Waals surface area contributed by atoms with Crippen molar-refractivity contribution in [3.8, 4) is 0 Å². The molecular weight excluding hydrogens is 398 g/mol. The number of sulfonamides is 1. The Hall–Kier alpha value is -3.04. The molecule has 144 valence electrons. The summed E-state index contributed by atoms with van der Waals surface area (Å²) in [4.78, 5) is 28.8. The van der Waals surface area contributed by atoms with E-state index < -0.39 is 15.9 Å². The topological polar surface area (TPSA) is 105 Å². The van der Waals surface area contributed by atoms with E-state index in [1.807, 2.05) is 0 Å². The van der Waals surface area contributed by atoms with Crippen molar-refractivity contribution >= 4 is 43.9 Å². The van der Waals surface area contributed by atoms with Crippen LogP contribution in [0.2, 0.25) is 0 Å². The van der Waals surface area contributed by atoms with E-state index in [0.29, 0.717) is 15.7 Å². The molecule has 0 aliphatic heterocycles. The van der Waals surface area contributed by atoms with Crippen LogP contribution in [0.4, 0.5) is 10.8 Å². The Kier molecular flexibility index (Phi) is 5.57. The lowest BCUT2D eigenvalue weighted by molar-refractivity contribution is 0.101. The molecular formula is C19H17N3O4S2. The molecule has 9 heteroatoms. The van der Waals surface area contributed by atoms with Crippen molar-refractivity contribution < 1.29 is 18.0 Å². The van der Waals surface area contributed by atoms with E-state index in [2.05, 4.69) is 15.0 Å². The van der Waals surface area contributed by atoms with Crippen LogP contribution in [0.15, 0.2) is 59.5 Å². The number of thiazole rings is 1. The summed E-state index contributed by atoms with van der Waals surface area (Å²) in [6.45, 7) is 3.14. The number of carbonyl (C=O) groups is 2. The first-order valence-electron chi connectivity index (χ1n) is 8.24. The third-order valence-corrected chi connectivity index (χ3v) is 6.34. The van der Waals surface area contributed by atoms with Gasteiger partial charge in [-0.3, -0.25) is 19.6 Å². The predicted octanol–water partition coefficient (Wildman–Crippen LogP) is 3.71. The first kappa shape index (κ1) is 19.7. The first-order chi connectivity index (χ1) is 13.3. The van der Waals surface area contributed by atoms with Gasteiger partial charge in [0.2, 0.25) is 0 Å². The van der Waals surface area contributed by atoms with E-state index in [0.717, 1.165) is 11.3 Å². The van der Waals surface area contributed by atoms with Crippen molar-refractivity contribution in [1.82, 2.24) is 4.98 Å².